The van der Waals surface area contributed by atoms with Crippen LogP contribution in [0.3, 0.4) is 0 Å². The monoisotopic (exact) mass is 172 g/mol. The number of rotatable bonds is 0. The van der Waals surface area contributed by atoms with Crippen LogP contribution >= 0.6 is 0 Å². The zero-order valence-corrected chi connectivity index (χ0v) is 7.58. The summed E-state index contributed by atoms with van der Waals surface area (Å²) in [7, 11) is 0. The van der Waals surface area contributed by atoms with E-state index in [9.17, 15) is 0 Å². The van der Waals surface area contributed by atoms with Gasteiger partial charge in [0.25, 0.3) is 0 Å². The number of guanidine groups is 1. The lowest BCUT2D eigenvalue weighted by Crippen LogP contribution is -2.53. The van der Waals surface area contributed by atoms with E-state index in [4.69, 9.17) is 16.3 Å². The fourth-order valence-corrected chi connectivity index (χ4v) is 1.29. The molecule has 0 bridgehead atoms. The van der Waals surface area contributed by atoms with Gasteiger partial charge in [0.15, 0.2) is 0 Å². The molecular formula is C7H16N4O. The van der Waals surface area contributed by atoms with E-state index in [0.717, 1.165) is 13.1 Å². The average molecular weight is 172 g/mol. The van der Waals surface area contributed by atoms with E-state index in [0.29, 0.717) is 12.6 Å². The Balaban J connectivity index is 2.58. The van der Waals surface area contributed by atoms with Gasteiger partial charge >= 0.3 is 0 Å². The van der Waals surface area contributed by atoms with E-state index in [1.54, 1.807) is 0 Å². The Labute approximate surface area is 72.3 Å². The molecule has 1 aliphatic rings. The van der Waals surface area contributed by atoms with Gasteiger partial charge in [0.1, 0.15) is 0 Å². The molecule has 0 aliphatic carbocycles. The molecule has 0 aromatic carbocycles. The van der Waals surface area contributed by atoms with Gasteiger partial charge in [-0.25, -0.2) is 0 Å². The van der Waals surface area contributed by atoms with Crippen molar-refractivity contribution in [2.75, 3.05) is 19.7 Å². The van der Waals surface area contributed by atoms with Gasteiger partial charge in [-0.2, -0.15) is 0 Å². The Morgan fingerprint density at radius 3 is 2.75 bits per heavy atom. The van der Waals surface area contributed by atoms with Gasteiger partial charge in [-0.05, 0) is 13.8 Å². The van der Waals surface area contributed by atoms with Crippen molar-refractivity contribution < 1.29 is 4.74 Å². The van der Waals surface area contributed by atoms with Crippen molar-refractivity contribution in [3.05, 3.63) is 0 Å². The van der Waals surface area contributed by atoms with Crippen molar-refractivity contribution in [2.45, 2.75) is 19.4 Å². The van der Waals surface area contributed by atoms with Crippen molar-refractivity contribution in [3.8, 4) is 0 Å². The minimum absolute atomic E-state index is 0.159. The average Bonchev–Trinajstić information content (AvgIpc) is 2.01. The molecule has 1 heterocycles. The van der Waals surface area contributed by atoms with Crippen molar-refractivity contribution in [1.82, 2.24) is 4.90 Å². The van der Waals surface area contributed by atoms with Crippen LogP contribution in [0.4, 0.5) is 0 Å². The van der Waals surface area contributed by atoms with Crippen LogP contribution in [0.2, 0.25) is 0 Å². The lowest BCUT2D eigenvalue weighted by molar-refractivity contribution is -0.0680. The number of hydrogen-bond donors (Lipinski definition) is 2. The standard InChI is InChI=1S/C7H16N4O/c1-7(2)5-11(3-4-12-7)6(8)10-9/h3-5,9H2,1-2H3,(H2,8,10). The first-order valence-electron chi connectivity index (χ1n) is 3.97. The molecule has 1 rings (SSSR count). The number of nitrogens with zero attached hydrogens (tertiary/aromatic N) is 2. The lowest BCUT2D eigenvalue weighted by atomic mass is 10.1. The summed E-state index contributed by atoms with van der Waals surface area (Å²) in [6.07, 6.45) is 0. The molecule has 12 heavy (non-hydrogen) atoms. The molecule has 1 saturated heterocycles. The maximum absolute atomic E-state index is 5.56. The van der Waals surface area contributed by atoms with Crippen molar-refractivity contribution >= 4 is 5.96 Å². The first-order chi connectivity index (χ1) is 5.55. The van der Waals surface area contributed by atoms with Gasteiger partial charge < -0.3 is 21.2 Å². The molecule has 1 aliphatic heterocycles. The third-order valence-corrected chi connectivity index (χ3v) is 1.88. The highest BCUT2D eigenvalue weighted by Crippen LogP contribution is 2.15. The normalized spacial score (nSPS) is 24.2. The number of ether oxygens (including phenoxy) is 1. The Morgan fingerprint density at radius 1 is 1.58 bits per heavy atom. The topological polar surface area (TPSA) is 76.9 Å². The quantitative estimate of drug-likeness (QED) is 0.219. The van der Waals surface area contributed by atoms with Crippen LogP contribution in [0.5, 0.6) is 0 Å². The summed E-state index contributed by atoms with van der Waals surface area (Å²) >= 11 is 0. The van der Waals surface area contributed by atoms with E-state index in [-0.39, 0.29) is 5.60 Å². The Morgan fingerprint density at radius 2 is 2.25 bits per heavy atom. The molecule has 0 spiro atoms. The molecule has 0 unspecified atom stereocenters. The molecule has 0 aromatic heterocycles. The molecule has 4 N–H and O–H groups in total. The molecule has 0 atom stereocenters. The van der Waals surface area contributed by atoms with Gasteiger partial charge in [0.05, 0.1) is 12.2 Å². The van der Waals surface area contributed by atoms with Crippen LogP contribution in [0.25, 0.3) is 0 Å². The summed E-state index contributed by atoms with van der Waals surface area (Å²) in [5, 5.41) is 3.44. The van der Waals surface area contributed by atoms with E-state index in [1.807, 2.05) is 18.7 Å². The van der Waals surface area contributed by atoms with Gasteiger partial charge in [-0.1, -0.05) is 0 Å². The molecule has 0 aromatic rings. The molecule has 0 radical (unpaired) electrons. The van der Waals surface area contributed by atoms with E-state index >= 15 is 0 Å². The second-order valence-corrected chi connectivity index (χ2v) is 3.52. The molecule has 5 heteroatoms. The highest BCUT2D eigenvalue weighted by molar-refractivity contribution is 5.77. The van der Waals surface area contributed by atoms with Gasteiger partial charge in [0, 0.05) is 13.1 Å². The number of morpholine rings is 1. The van der Waals surface area contributed by atoms with Crippen molar-refractivity contribution in [2.24, 2.45) is 16.7 Å². The zero-order valence-electron chi connectivity index (χ0n) is 7.58. The highest BCUT2D eigenvalue weighted by Gasteiger charge is 2.27. The number of hydrogen-bond acceptors (Lipinski definition) is 3. The fourth-order valence-electron chi connectivity index (χ4n) is 1.29. The Bertz CT molecular complexity index is 190. The van der Waals surface area contributed by atoms with E-state index in [2.05, 4.69) is 5.10 Å². The van der Waals surface area contributed by atoms with Crippen LogP contribution in [-0.2, 0) is 4.74 Å². The van der Waals surface area contributed by atoms with E-state index < -0.39 is 0 Å². The second-order valence-electron chi connectivity index (χ2n) is 3.52. The maximum atomic E-state index is 5.56. The van der Waals surface area contributed by atoms with Crippen LogP contribution in [0.1, 0.15) is 13.8 Å². The number of nitrogens with two attached hydrogens (primary N) is 2. The highest BCUT2D eigenvalue weighted by atomic mass is 16.5. The molecule has 0 saturated carbocycles. The number of hydrazone groups is 1. The van der Waals surface area contributed by atoms with Crippen LogP contribution in [-0.4, -0.2) is 36.2 Å². The van der Waals surface area contributed by atoms with Crippen molar-refractivity contribution in [3.63, 3.8) is 0 Å². The summed E-state index contributed by atoms with van der Waals surface area (Å²) < 4.78 is 5.50. The molecular weight excluding hydrogens is 156 g/mol. The van der Waals surface area contributed by atoms with Crippen molar-refractivity contribution in [1.29, 1.82) is 0 Å². The van der Waals surface area contributed by atoms with Gasteiger partial charge in [-0.3, -0.25) is 0 Å². The third-order valence-electron chi connectivity index (χ3n) is 1.88. The summed E-state index contributed by atoms with van der Waals surface area (Å²) in [5.41, 5.74) is 5.40. The lowest BCUT2D eigenvalue weighted by Gasteiger charge is -2.38. The Hall–Kier alpha value is -0.970. The first kappa shape index (κ1) is 9.12. The molecule has 70 valence electrons. The Kier molecular flexibility index (Phi) is 2.42. The largest absolute Gasteiger partial charge is 0.372 e. The summed E-state index contributed by atoms with van der Waals surface area (Å²) in [6.45, 7) is 6.20. The van der Waals surface area contributed by atoms with E-state index in [1.165, 1.54) is 0 Å². The minimum Gasteiger partial charge on any atom is -0.372 e. The predicted molar refractivity (Wildman–Crippen MR) is 47.4 cm³/mol. The molecule has 1 fully saturated rings. The predicted octanol–water partition coefficient (Wildman–Crippen LogP) is -0.714. The second kappa shape index (κ2) is 3.18. The maximum Gasteiger partial charge on any atom is 0.213 e. The zero-order chi connectivity index (χ0) is 9.19. The summed E-state index contributed by atoms with van der Waals surface area (Å²) in [5.74, 6) is 5.45. The fraction of sp³-hybridized carbons (Fsp3) is 0.857. The summed E-state index contributed by atoms with van der Waals surface area (Å²) in [6, 6.07) is 0. The third kappa shape index (κ3) is 2.01. The SMILES string of the molecule is CC1(C)CN(C(N)=NN)CCO1. The smallest absolute Gasteiger partial charge is 0.213 e. The summed E-state index contributed by atoms with van der Waals surface area (Å²) in [4.78, 5) is 1.92. The first-order valence-corrected chi connectivity index (χ1v) is 3.97. The van der Waals surface area contributed by atoms with Gasteiger partial charge in [0.2, 0.25) is 5.96 Å². The minimum atomic E-state index is -0.159. The van der Waals surface area contributed by atoms with Gasteiger partial charge in [-0.15, -0.1) is 5.10 Å². The molecule has 0 amide bonds. The molecule has 5 nitrogen and oxygen atoms in total. The van der Waals surface area contributed by atoms with Crippen LogP contribution in [0, 0.1) is 0 Å². The van der Waals surface area contributed by atoms with Crippen LogP contribution < -0.4 is 11.6 Å². The van der Waals surface area contributed by atoms with Crippen LogP contribution in [0.15, 0.2) is 5.10 Å².